The third kappa shape index (κ3) is 5.91. The van der Waals surface area contributed by atoms with Gasteiger partial charge in [0.1, 0.15) is 12.4 Å². The number of carbonyl (C=O) groups excluding carboxylic acids is 1. The number of sulfonamides is 1. The minimum Gasteiger partial charge on any atom is -0.394 e. The lowest BCUT2D eigenvalue weighted by Crippen LogP contribution is -2.49. The van der Waals surface area contributed by atoms with Crippen molar-refractivity contribution in [2.24, 2.45) is 0 Å². The monoisotopic (exact) mass is 418 g/mol. The van der Waals surface area contributed by atoms with Crippen molar-refractivity contribution < 1.29 is 23.1 Å². The van der Waals surface area contributed by atoms with Crippen LogP contribution in [0.4, 0.5) is 0 Å². The van der Waals surface area contributed by atoms with Crippen molar-refractivity contribution in [3.05, 3.63) is 66.8 Å². The van der Waals surface area contributed by atoms with Crippen molar-refractivity contribution in [2.75, 3.05) is 6.61 Å². The molecule has 3 N–H and O–H groups in total. The number of aliphatic hydroxyl groups excluding tert-OH is 1. The number of carbonyl (C=O) groups is 1. The number of aliphatic hydroxyl groups is 1. The van der Waals surface area contributed by atoms with Crippen molar-refractivity contribution in [1.82, 2.24) is 20.0 Å². The van der Waals surface area contributed by atoms with Crippen molar-refractivity contribution in [2.45, 2.75) is 36.1 Å². The van der Waals surface area contributed by atoms with Gasteiger partial charge in [0.25, 0.3) is 0 Å². The van der Waals surface area contributed by atoms with Gasteiger partial charge in [-0.25, -0.2) is 23.1 Å². The van der Waals surface area contributed by atoms with Gasteiger partial charge in [0, 0.05) is 6.20 Å². The van der Waals surface area contributed by atoms with E-state index < -0.39 is 34.9 Å². The molecule has 1 aromatic heterocycles. The highest BCUT2D eigenvalue weighted by Gasteiger charge is 2.31. The second-order valence-corrected chi connectivity index (χ2v) is 8.14. The summed E-state index contributed by atoms with van der Waals surface area (Å²) in [5.74, 6) is -0.252. The van der Waals surface area contributed by atoms with Crippen LogP contribution in [0.25, 0.3) is 0 Å². The molecular weight excluding hydrogens is 396 g/mol. The molecule has 0 bridgehead atoms. The first-order chi connectivity index (χ1) is 14.0. The molecule has 29 heavy (non-hydrogen) atoms. The van der Waals surface area contributed by atoms with E-state index in [2.05, 4.69) is 20.0 Å². The molecule has 0 radical (unpaired) electrons. The van der Waals surface area contributed by atoms with Gasteiger partial charge in [0.2, 0.25) is 15.9 Å². The first-order valence-electron chi connectivity index (χ1n) is 9.01. The number of aromatic nitrogens is 2. The van der Waals surface area contributed by atoms with Gasteiger partial charge in [-0.15, -0.1) is 0 Å². The van der Waals surface area contributed by atoms with Crippen LogP contribution in [-0.4, -0.2) is 54.3 Å². The molecule has 1 aliphatic heterocycles. The summed E-state index contributed by atoms with van der Waals surface area (Å²) in [4.78, 5) is 20.1. The molecule has 1 aromatic carbocycles. The quantitative estimate of drug-likeness (QED) is 0.520. The van der Waals surface area contributed by atoms with E-state index in [1.54, 1.807) is 42.6 Å². The smallest absolute Gasteiger partial charge is 0.241 e. The lowest BCUT2D eigenvalue weighted by Gasteiger charge is -2.31. The largest absolute Gasteiger partial charge is 0.394 e. The number of rotatable bonds is 8. The Morgan fingerprint density at radius 3 is 2.66 bits per heavy atom. The number of nitrogens with one attached hydrogen (secondary N) is 2. The van der Waals surface area contributed by atoms with Crippen LogP contribution in [0, 0.1) is 0 Å². The molecule has 3 atom stereocenters. The molecule has 2 heterocycles. The van der Waals surface area contributed by atoms with Gasteiger partial charge in [-0.1, -0.05) is 30.4 Å². The van der Waals surface area contributed by atoms with Crippen molar-refractivity contribution in [3.8, 4) is 0 Å². The Labute approximate surface area is 168 Å². The van der Waals surface area contributed by atoms with Crippen molar-refractivity contribution >= 4 is 15.9 Å². The Kier molecular flexibility index (Phi) is 7.04. The summed E-state index contributed by atoms with van der Waals surface area (Å²) in [5.41, 5.74) is 0.678. The Hall–Kier alpha value is -2.66. The van der Waals surface area contributed by atoms with E-state index >= 15 is 0 Å². The van der Waals surface area contributed by atoms with Crippen molar-refractivity contribution in [3.63, 3.8) is 0 Å². The summed E-state index contributed by atoms with van der Waals surface area (Å²) >= 11 is 0. The lowest BCUT2D eigenvalue weighted by atomic mass is 10.1. The van der Waals surface area contributed by atoms with E-state index in [9.17, 15) is 18.3 Å². The molecule has 0 saturated carbocycles. The predicted octanol–water partition coefficient (Wildman–Crippen LogP) is 0.146. The summed E-state index contributed by atoms with van der Waals surface area (Å²) in [6.07, 6.45) is 4.87. The molecule has 1 aliphatic rings. The fraction of sp³-hybridized carbons (Fsp3) is 0.316. The number of hydrogen-bond donors (Lipinski definition) is 3. The normalized spacial score (nSPS) is 21.6. The van der Waals surface area contributed by atoms with Gasteiger partial charge in [-0.2, -0.15) is 0 Å². The average molecular weight is 418 g/mol. The molecular formula is C19H22N4O5S. The highest BCUT2D eigenvalue weighted by Crippen LogP contribution is 2.18. The van der Waals surface area contributed by atoms with E-state index in [0.29, 0.717) is 5.69 Å². The fourth-order valence-corrected chi connectivity index (χ4v) is 4.06. The number of nitrogens with zero attached hydrogens (tertiary/aromatic N) is 2. The van der Waals surface area contributed by atoms with Crippen LogP contribution in [0.2, 0.25) is 0 Å². The maximum absolute atomic E-state index is 12.5. The number of benzene rings is 1. The third-order valence-electron chi connectivity index (χ3n) is 4.30. The zero-order valence-corrected chi connectivity index (χ0v) is 16.3. The van der Waals surface area contributed by atoms with Gasteiger partial charge in [0.15, 0.2) is 0 Å². The summed E-state index contributed by atoms with van der Waals surface area (Å²) in [6, 6.07) is 8.89. The SMILES string of the molecule is O=C(C[C@@H]1C=C[C@H](NS(=O)(=O)c2ccccc2)[C@H](CO)O1)NCc1ccncn1. The average Bonchev–Trinajstić information content (AvgIpc) is 2.74. The van der Waals surface area contributed by atoms with Crippen molar-refractivity contribution in [1.29, 1.82) is 0 Å². The van der Waals surface area contributed by atoms with Gasteiger partial charge < -0.3 is 15.2 Å². The zero-order chi connectivity index (χ0) is 20.7. The predicted molar refractivity (Wildman–Crippen MR) is 104 cm³/mol. The Morgan fingerprint density at radius 1 is 1.17 bits per heavy atom. The highest BCUT2D eigenvalue weighted by molar-refractivity contribution is 7.89. The molecule has 0 fully saturated rings. The summed E-state index contributed by atoms with van der Waals surface area (Å²) in [6.45, 7) is -0.133. The molecule has 0 spiro atoms. The van der Waals surface area contributed by atoms with Crippen LogP contribution < -0.4 is 10.0 Å². The Bertz CT molecular complexity index is 938. The summed E-state index contributed by atoms with van der Waals surface area (Å²) in [7, 11) is -3.77. The maximum Gasteiger partial charge on any atom is 0.241 e. The molecule has 10 heteroatoms. The van der Waals surface area contributed by atoms with Crippen LogP contribution in [0.3, 0.4) is 0 Å². The molecule has 9 nitrogen and oxygen atoms in total. The van der Waals surface area contributed by atoms with Gasteiger partial charge in [-0.3, -0.25) is 4.79 Å². The van der Waals surface area contributed by atoms with E-state index in [1.165, 1.54) is 18.5 Å². The minimum absolute atomic E-state index is 0.0379. The molecule has 154 valence electrons. The number of ether oxygens (including phenoxy) is 1. The topological polar surface area (TPSA) is 131 Å². The number of amides is 1. The minimum atomic E-state index is -3.77. The summed E-state index contributed by atoms with van der Waals surface area (Å²) < 4.78 is 33.2. The zero-order valence-electron chi connectivity index (χ0n) is 15.5. The molecule has 0 aliphatic carbocycles. The van der Waals surface area contributed by atoms with Crippen LogP contribution in [0.5, 0.6) is 0 Å². The van der Waals surface area contributed by atoms with E-state index in [0.717, 1.165) is 0 Å². The summed E-state index contributed by atoms with van der Waals surface area (Å²) in [5, 5.41) is 12.4. The first kappa shape index (κ1) is 21.1. The molecule has 3 rings (SSSR count). The van der Waals surface area contributed by atoms with E-state index in [1.807, 2.05) is 0 Å². The standard InChI is InChI=1S/C19H22N4O5S/c24-12-18-17(23-29(26,27)16-4-2-1-3-5-16)7-6-15(28-18)10-19(25)21-11-14-8-9-20-13-22-14/h1-9,13,15,17-18,23-24H,10-12H2,(H,21,25)/t15-,17-,18-/m0/s1. The molecule has 0 unspecified atom stereocenters. The van der Waals surface area contributed by atoms with E-state index in [-0.39, 0.29) is 23.8 Å². The Balaban J connectivity index is 1.57. The lowest BCUT2D eigenvalue weighted by molar-refractivity contribution is -0.125. The van der Waals surface area contributed by atoms with E-state index in [4.69, 9.17) is 4.74 Å². The second kappa shape index (κ2) is 9.70. The molecule has 1 amide bonds. The Morgan fingerprint density at radius 2 is 1.97 bits per heavy atom. The second-order valence-electron chi connectivity index (χ2n) is 6.42. The highest BCUT2D eigenvalue weighted by atomic mass is 32.2. The van der Waals surface area contributed by atoms with Crippen LogP contribution in [-0.2, 0) is 26.1 Å². The maximum atomic E-state index is 12.5. The third-order valence-corrected chi connectivity index (χ3v) is 5.78. The number of hydrogen-bond acceptors (Lipinski definition) is 7. The fourth-order valence-electron chi connectivity index (χ4n) is 2.82. The molecule has 2 aromatic rings. The first-order valence-corrected chi connectivity index (χ1v) is 10.5. The van der Waals surface area contributed by atoms with Crippen LogP contribution >= 0.6 is 0 Å². The van der Waals surface area contributed by atoms with Crippen LogP contribution in [0.1, 0.15) is 12.1 Å². The van der Waals surface area contributed by atoms with Gasteiger partial charge in [-0.05, 0) is 18.2 Å². The van der Waals surface area contributed by atoms with Crippen LogP contribution in [0.15, 0.2) is 66.0 Å². The van der Waals surface area contributed by atoms with Gasteiger partial charge >= 0.3 is 0 Å². The molecule has 0 saturated heterocycles. The van der Waals surface area contributed by atoms with Gasteiger partial charge in [0.05, 0.1) is 42.3 Å².